The number of hydrogen-bond donors (Lipinski definition) is 0. The highest BCUT2D eigenvalue weighted by Crippen LogP contribution is 2.35. The highest BCUT2D eigenvalue weighted by molar-refractivity contribution is 6.36. The van der Waals surface area contributed by atoms with Gasteiger partial charge in [-0.25, -0.2) is 4.39 Å². The minimum absolute atomic E-state index is 0.219. The zero-order chi connectivity index (χ0) is 12.4. The molecule has 0 radical (unpaired) electrons. The third-order valence-electron chi connectivity index (χ3n) is 2.33. The molecule has 0 aromatic heterocycles. The maximum absolute atomic E-state index is 13.7. The summed E-state index contributed by atoms with van der Waals surface area (Å²) in [6.45, 7) is 0. The van der Waals surface area contributed by atoms with Crippen LogP contribution in [0.3, 0.4) is 0 Å². The highest BCUT2D eigenvalue weighted by Gasteiger charge is 2.13. The molecule has 84 valence electrons. The monoisotopic (exact) mass is 265 g/mol. The molecule has 2 aromatic carbocycles. The van der Waals surface area contributed by atoms with E-state index in [4.69, 9.17) is 28.5 Å². The van der Waals surface area contributed by atoms with Crippen molar-refractivity contribution in [2.24, 2.45) is 0 Å². The van der Waals surface area contributed by atoms with Crippen molar-refractivity contribution >= 4 is 23.2 Å². The molecular formula is C13H6Cl2FN. The fraction of sp³-hybridized carbons (Fsp3) is 0. The van der Waals surface area contributed by atoms with Gasteiger partial charge in [-0.15, -0.1) is 0 Å². The molecule has 0 fully saturated rings. The Morgan fingerprint density at radius 3 is 2.47 bits per heavy atom. The molecule has 0 aliphatic rings. The van der Waals surface area contributed by atoms with Crippen molar-refractivity contribution in [3.8, 4) is 17.2 Å². The second kappa shape index (κ2) is 4.75. The van der Waals surface area contributed by atoms with Crippen LogP contribution in [-0.4, -0.2) is 0 Å². The topological polar surface area (TPSA) is 23.8 Å². The van der Waals surface area contributed by atoms with Gasteiger partial charge in [-0.3, -0.25) is 0 Å². The van der Waals surface area contributed by atoms with E-state index in [2.05, 4.69) is 0 Å². The van der Waals surface area contributed by atoms with Gasteiger partial charge in [0, 0.05) is 16.1 Å². The standard InChI is InChI=1S/C13H6Cl2FN/c14-10-5-4-8(7-17)6-9(10)13-11(15)2-1-3-12(13)16/h1-6H. The van der Waals surface area contributed by atoms with Crippen LogP contribution < -0.4 is 0 Å². The van der Waals surface area contributed by atoms with Crippen molar-refractivity contribution in [3.63, 3.8) is 0 Å². The van der Waals surface area contributed by atoms with Crippen LogP contribution in [0.5, 0.6) is 0 Å². The molecule has 0 unspecified atom stereocenters. The maximum Gasteiger partial charge on any atom is 0.132 e. The Labute approximate surface area is 108 Å². The fourth-order valence-corrected chi connectivity index (χ4v) is 2.02. The molecule has 17 heavy (non-hydrogen) atoms. The van der Waals surface area contributed by atoms with Gasteiger partial charge < -0.3 is 0 Å². The largest absolute Gasteiger partial charge is 0.206 e. The molecule has 0 heterocycles. The Balaban J connectivity index is 2.73. The zero-order valence-electron chi connectivity index (χ0n) is 8.55. The second-order valence-corrected chi connectivity index (χ2v) is 4.22. The van der Waals surface area contributed by atoms with Gasteiger partial charge in [-0.2, -0.15) is 5.26 Å². The van der Waals surface area contributed by atoms with Crippen molar-refractivity contribution in [1.29, 1.82) is 5.26 Å². The summed E-state index contributed by atoms with van der Waals surface area (Å²) in [6, 6.07) is 11.0. The SMILES string of the molecule is N#Cc1ccc(Cl)c(-c2c(F)cccc2Cl)c1. The average Bonchev–Trinajstić information content (AvgIpc) is 2.31. The lowest BCUT2D eigenvalue weighted by Gasteiger charge is -2.08. The van der Waals surface area contributed by atoms with Crippen LogP contribution >= 0.6 is 23.2 Å². The minimum atomic E-state index is -0.463. The van der Waals surface area contributed by atoms with Gasteiger partial charge >= 0.3 is 0 Å². The summed E-state index contributed by atoms with van der Waals surface area (Å²) in [7, 11) is 0. The van der Waals surface area contributed by atoms with Crippen LogP contribution in [0.2, 0.25) is 10.0 Å². The average molecular weight is 266 g/mol. The van der Waals surface area contributed by atoms with Crippen molar-refractivity contribution in [3.05, 3.63) is 57.8 Å². The van der Waals surface area contributed by atoms with Crippen molar-refractivity contribution in [1.82, 2.24) is 0 Å². The van der Waals surface area contributed by atoms with Crippen LogP contribution in [0.15, 0.2) is 36.4 Å². The molecule has 2 rings (SSSR count). The summed E-state index contributed by atoms with van der Waals surface area (Å²) in [5.41, 5.74) is 1.05. The van der Waals surface area contributed by atoms with Gasteiger partial charge in [0.1, 0.15) is 5.82 Å². The first kappa shape index (κ1) is 11.9. The second-order valence-electron chi connectivity index (χ2n) is 3.40. The first-order valence-corrected chi connectivity index (χ1v) is 5.53. The van der Waals surface area contributed by atoms with E-state index >= 15 is 0 Å². The van der Waals surface area contributed by atoms with Crippen LogP contribution in [0.25, 0.3) is 11.1 Å². The first-order valence-electron chi connectivity index (χ1n) is 4.77. The Morgan fingerprint density at radius 1 is 1.06 bits per heavy atom. The third kappa shape index (κ3) is 2.26. The third-order valence-corrected chi connectivity index (χ3v) is 2.97. The predicted molar refractivity (Wildman–Crippen MR) is 66.6 cm³/mol. The number of halogens is 3. The van der Waals surface area contributed by atoms with Gasteiger partial charge in [0.15, 0.2) is 0 Å². The molecule has 0 saturated heterocycles. The molecule has 0 aliphatic carbocycles. The Hall–Kier alpha value is -1.56. The lowest BCUT2D eigenvalue weighted by molar-refractivity contribution is 0.631. The van der Waals surface area contributed by atoms with Crippen LogP contribution in [0.1, 0.15) is 5.56 Å². The van der Waals surface area contributed by atoms with Crippen molar-refractivity contribution < 1.29 is 4.39 Å². The van der Waals surface area contributed by atoms with Gasteiger partial charge in [-0.1, -0.05) is 29.3 Å². The molecule has 2 aromatic rings. The Bertz CT molecular complexity index is 597. The van der Waals surface area contributed by atoms with Gasteiger partial charge in [0.05, 0.1) is 16.7 Å². The van der Waals surface area contributed by atoms with E-state index in [0.29, 0.717) is 16.1 Å². The molecule has 0 N–H and O–H groups in total. The number of nitrogens with zero attached hydrogens (tertiary/aromatic N) is 1. The van der Waals surface area contributed by atoms with E-state index in [1.54, 1.807) is 18.2 Å². The summed E-state index contributed by atoms with van der Waals surface area (Å²) in [6.07, 6.45) is 0. The molecule has 0 atom stereocenters. The predicted octanol–water partition coefficient (Wildman–Crippen LogP) is 4.67. The quantitative estimate of drug-likeness (QED) is 0.735. The highest BCUT2D eigenvalue weighted by atomic mass is 35.5. The van der Waals surface area contributed by atoms with E-state index in [1.165, 1.54) is 18.2 Å². The molecule has 0 aliphatic heterocycles. The van der Waals surface area contributed by atoms with E-state index < -0.39 is 5.82 Å². The van der Waals surface area contributed by atoms with E-state index in [-0.39, 0.29) is 10.6 Å². The van der Waals surface area contributed by atoms with Gasteiger partial charge in [0.25, 0.3) is 0 Å². The van der Waals surface area contributed by atoms with E-state index in [9.17, 15) is 4.39 Å². The molecule has 0 saturated carbocycles. The number of nitriles is 1. The molecule has 0 amide bonds. The van der Waals surface area contributed by atoms with E-state index in [1.807, 2.05) is 6.07 Å². The van der Waals surface area contributed by atoms with Crippen LogP contribution in [0, 0.1) is 17.1 Å². The lowest BCUT2D eigenvalue weighted by atomic mass is 10.0. The van der Waals surface area contributed by atoms with Crippen LogP contribution in [0.4, 0.5) is 4.39 Å². The van der Waals surface area contributed by atoms with Crippen molar-refractivity contribution in [2.45, 2.75) is 0 Å². The number of hydrogen-bond acceptors (Lipinski definition) is 1. The summed E-state index contributed by atoms with van der Waals surface area (Å²) < 4.78 is 13.7. The summed E-state index contributed by atoms with van der Waals surface area (Å²) in [5, 5.41) is 9.44. The molecular weight excluding hydrogens is 260 g/mol. The fourth-order valence-electron chi connectivity index (χ4n) is 1.54. The summed E-state index contributed by atoms with van der Waals surface area (Å²) in [4.78, 5) is 0. The first-order chi connectivity index (χ1) is 8.13. The number of benzene rings is 2. The lowest BCUT2D eigenvalue weighted by Crippen LogP contribution is -1.88. The normalized spacial score (nSPS) is 10.0. The van der Waals surface area contributed by atoms with Crippen molar-refractivity contribution in [2.75, 3.05) is 0 Å². The summed E-state index contributed by atoms with van der Waals surface area (Å²) in [5.74, 6) is -0.463. The maximum atomic E-state index is 13.7. The molecule has 0 bridgehead atoms. The molecule has 1 nitrogen and oxygen atoms in total. The van der Waals surface area contributed by atoms with E-state index in [0.717, 1.165) is 0 Å². The van der Waals surface area contributed by atoms with Crippen LogP contribution in [-0.2, 0) is 0 Å². The van der Waals surface area contributed by atoms with Gasteiger partial charge in [-0.05, 0) is 30.3 Å². The number of rotatable bonds is 1. The zero-order valence-corrected chi connectivity index (χ0v) is 10.1. The molecule has 4 heteroatoms. The Kier molecular flexibility index (Phi) is 3.33. The molecule has 0 spiro atoms. The van der Waals surface area contributed by atoms with Gasteiger partial charge in [0.2, 0.25) is 0 Å². The smallest absolute Gasteiger partial charge is 0.132 e. The Morgan fingerprint density at radius 2 is 1.82 bits per heavy atom. The minimum Gasteiger partial charge on any atom is -0.206 e. The summed E-state index contributed by atoms with van der Waals surface area (Å²) >= 11 is 11.9.